The largest absolute Gasteiger partial charge is 0.460 e. The Bertz CT molecular complexity index is 1400. The topological polar surface area (TPSA) is 0 Å². The molecule has 0 spiro atoms. The van der Waals surface area contributed by atoms with E-state index in [2.05, 4.69) is 0 Å². The van der Waals surface area contributed by atoms with Crippen LogP contribution in [0.3, 0.4) is 0 Å². The molecular weight excluding hydrogens is 511 g/mol. The average Bonchev–Trinajstić information content (AvgIpc) is 2.76. The molecular formula is C22H9F13. The van der Waals surface area contributed by atoms with Gasteiger partial charge in [-0.05, 0) is 32.3 Å². The minimum atomic E-state index is -7.94. The van der Waals surface area contributed by atoms with Crippen molar-refractivity contribution >= 4 is 32.3 Å². The molecule has 0 aromatic heterocycles. The Labute approximate surface area is 186 Å². The zero-order chi connectivity index (χ0) is 26.4. The molecule has 0 heterocycles. The molecule has 0 bridgehead atoms. The van der Waals surface area contributed by atoms with Crippen LogP contribution in [0.5, 0.6) is 0 Å². The first-order chi connectivity index (χ1) is 15.8. The number of hydrogen-bond donors (Lipinski definition) is 0. The molecule has 4 rings (SSSR count). The van der Waals surface area contributed by atoms with Crippen molar-refractivity contribution < 1.29 is 57.1 Å². The van der Waals surface area contributed by atoms with Gasteiger partial charge in [0.15, 0.2) is 0 Å². The molecule has 0 atom stereocenters. The maximum absolute atomic E-state index is 14.9. The van der Waals surface area contributed by atoms with Gasteiger partial charge in [0.1, 0.15) is 0 Å². The second-order valence-electron chi connectivity index (χ2n) is 7.84. The second kappa shape index (κ2) is 7.03. The number of rotatable bonds is 5. The minimum Gasteiger partial charge on any atom is -0.194 e. The summed E-state index contributed by atoms with van der Waals surface area (Å²) in [5, 5.41) is 0.253. The molecule has 0 fully saturated rings. The number of alkyl halides is 13. The Hall–Kier alpha value is -2.99. The minimum absolute atomic E-state index is 0.149. The molecule has 4 aromatic carbocycles. The average molecular weight is 520 g/mol. The predicted octanol–water partition coefficient (Wildman–Crippen LogP) is 8.78. The molecule has 0 aliphatic rings. The molecule has 0 saturated heterocycles. The van der Waals surface area contributed by atoms with E-state index in [9.17, 15) is 57.1 Å². The van der Waals surface area contributed by atoms with E-state index in [0.29, 0.717) is 10.8 Å². The first-order valence-electron chi connectivity index (χ1n) is 9.43. The van der Waals surface area contributed by atoms with E-state index in [-0.39, 0.29) is 22.2 Å². The maximum Gasteiger partial charge on any atom is 0.460 e. The molecule has 13 heteroatoms. The fourth-order valence-electron chi connectivity index (χ4n) is 3.95. The van der Waals surface area contributed by atoms with Gasteiger partial charge in [0.25, 0.3) is 0 Å². The number of benzene rings is 4. The molecule has 0 aliphatic heterocycles. The first kappa shape index (κ1) is 25.1. The standard InChI is InChI=1S/C22H9F13/c23-17(24,18(25,26)19(27,28)20(29,30)21(31,32)22(33,34)35)14-9-7-12-5-4-10-2-1-3-11-6-8-13(14)16(12)15(10)11/h1-9H. The lowest BCUT2D eigenvalue weighted by Gasteiger charge is -2.40. The van der Waals surface area contributed by atoms with Crippen molar-refractivity contribution in [2.45, 2.75) is 35.8 Å². The van der Waals surface area contributed by atoms with Crippen LogP contribution in [0.1, 0.15) is 5.56 Å². The van der Waals surface area contributed by atoms with E-state index in [1.54, 1.807) is 6.07 Å². The van der Waals surface area contributed by atoms with Gasteiger partial charge in [-0.2, -0.15) is 57.1 Å². The summed E-state index contributed by atoms with van der Waals surface area (Å²) in [6, 6.07) is 10.4. The summed E-state index contributed by atoms with van der Waals surface area (Å²) in [4.78, 5) is 0. The van der Waals surface area contributed by atoms with E-state index >= 15 is 0 Å². The monoisotopic (exact) mass is 520 g/mol. The summed E-state index contributed by atoms with van der Waals surface area (Å²) in [6.45, 7) is 0. The van der Waals surface area contributed by atoms with E-state index < -0.39 is 46.7 Å². The Morgan fingerprint density at radius 1 is 0.400 bits per heavy atom. The highest BCUT2D eigenvalue weighted by Crippen LogP contribution is 2.62. The molecule has 0 unspecified atom stereocenters. The lowest BCUT2D eigenvalue weighted by atomic mass is 9.86. The van der Waals surface area contributed by atoms with Crippen LogP contribution >= 0.6 is 0 Å². The Morgan fingerprint density at radius 2 is 0.829 bits per heavy atom. The lowest BCUT2D eigenvalue weighted by Crippen LogP contribution is -2.69. The van der Waals surface area contributed by atoms with Gasteiger partial charge < -0.3 is 0 Å². The van der Waals surface area contributed by atoms with E-state index in [0.717, 1.165) is 18.2 Å². The third-order valence-electron chi connectivity index (χ3n) is 5.80. The summed E-state index contributed by atoms with van der Waals surface area (Å²) in [7, 11) is 0. The summed E-state index contributed by atoms with van der Waals surface area (Å²) in [5.41, 5.74) is -1.96. The van der Waals surface area contributed by atoms with Gasteiger partial charge >= 0.3 is 35.8 Å². The van der Waals surface area contributed by atoms with Crippen molar-refractivity contribution in [1.29, 1.82) is 0 Å². The van der Waals surface area contributed by atoms with Crippen molar-refractivity contribution in [3.05, 3.63) is 60.2 Å². The highest BCUT2D eigenvalue weighted by atomic mass is 19.4. The smallest absolute Gasteiger partial charge is 0.194 e. The van der Waals surface area contributed by atoms with E-state index in [4.69, 9.17) is 0 Å². The second-order valence-corrected chi connectivity index (χ2v) is 7.84. The number of halogens is 13. The van der Waals surface area contributed by atoms with Crippen molar-refractivity contribution in [2.24, 2.45) is 0 Å². The summed E-state index contributed by atoms with van der Waals surface area (Å²) in [5.74, 6) is -37.2. The zero-order valence-corrected chi connectivity index (χ0v) is 16.6. The van der Waals surface area contributed by atoms with Gasteiger partial charge in [0, 0.05) is 5.56 Å². The fourth-order valence-corrected chi connectivity index (χ4v) is 3.95. The van der Waals surface area contributed by atoms with Gasteiger partial charge in [-0.1, -0.05) is 54.6 Å². The molecule has 0 N–H and O–H groups in total. The molecule has 0 nitrogen and oxygen atoms in total. The van der Waals surface area contributed by atoms with Gasteiger partial charge in [-0.25, -0.2) is 0 Å². The van der Waals surface area contributed by atoms with Crippen LogP contribution in [0.15, 0.2) is 54.6 Å². The summed E-state index contributed by atoms with van der Waals surface area (Å²) in [6.07, 6.45) is -7.45. The SMILES string of the molecule is FC(F)(F)C(F)(F)C(F)(F)C(F)(F)C(F)(F)C(F)(F)c1ccc2ccc3cccc4ccc1c2c34. The zero-order valence-electron chi connectivity index (χ0n) is 16.6. The molecule has 0 aliphatic carbocycles. The molecule has 188 valence electrons. The normalized spacial score (nSPS) is 15.0. The number of hydrogen-bond acceptors (Lipinski definition) is 0. The highest BCUT2D eigenvalue weighted by molar-refractivity contribution is 6.23. The Kier molecular flexibility index (Phi) is 5.05. The van der Waals surface area contributed by atoms with Crippen molar-refractivity contribution in [3.8, 4) is 0 Å². The molecule has 35 heavy (non-hydrogen) atoms. The van der Waals surface area contributed by atoms with Crippen molar-refractivity contribution in [2.75, 3.05) is 0 Å². The predicted molar refractivity (Wildman–Crippen MR) is 99.9 cm³/mol. The van der Waals surface area contributed by atoms with Gasteiger partial charge in [-0.15, -0.1) is 0 Å². The third-order valence-corrected chi connectivity index (χ3v) is 5.80. The third kappa shape index (κ3) is 3.02. The van der Waals surface area contributed by atoms with Crippen LogP contribution in [-0.2, 0) is 5.92 Å². The summed E-state index contributed by atoms with van der Waals surface area (Å²) >= 11 is 0. The van der Waals surface area contributed by atoms with Crippen LogP contribution in [0, 0.1) is 0 Å². The van der Waals surface area contributed by atoms with Gasteiger partial charge in [0.2, 0.25) is 0 Å². The van der Waals surface area contributed by atoms with Crippen LogP contribution in [0.25, 0.3) is 32.3 Å². The molecule has 0 radical (unpaired) electrons. The van der Waals surface area contributed by atoms with E-state index in [1.807, 2.05) is 0 Å². The van der Waals surface area contributed by atoms with Crippen LogP contribution in [0.2, 0.25) is 0 Å². The fraction of sp³-hybridized carbons (Fsp3) is 0.273. The van der Waals surface area contributed by atoms with Gasteiger partial charge in [0.05, 0.1) is 0 Å². The maximum atomic E-state index is 14.9. The van der Waals surface area contributed by atoms with Crippen molar-refractivity contribution in [1.82, 2.24) is 0 Å². The Morgan fingerprint density at radius 3 is 1.34 bits per heavy atom. The van der Waals surface area contributed by atoms with E-state index in [1.165, 1.54) is 24.3 Å². The van der Waals surface area contributed by atoms with Crippen molar-refractivity contribution in [3.63, 3.8) is 0 Å². The Balaban J connectivity index is 1.97. The van der Waals surface area contributed by atoms with Crippen LogP contribution in [-0.4, -0.2) is 29.9 Å². The molecule has 4 aromatic rings. The molecule has 0 amide bonds. The lowest BCUT2D eigenvalue weighted by molar-refractivity contribution is -0.441. The highest BCUT2D eigenvalue weighted by Gasteiger charge is 2.90. The summed E-state index contributed by atoms with van der Waals surface area (Å²) < 4.78 is 177. The van der Waals surface area contributed by atoms with Crippen LogP contribution < -0.4 is 0 Å². The van der Waals surface area contributed by atoms with Crippen LogP contribution in [0.4, 0.5) is 57.1 Å². The quantitative estimate of drug-likeness (QED) is 0.182. The first-order valence-corrected chi connectivity index (χ1v) is 9.43. The molecule has 0 saturated carbocycles. The van der Waals surface area contributed by atoms with Gasteiger partial charge in [-0.3, -0.25) is 0 Å².